The largest absolute Gasteiger partial charge is 0.370 e. The standard InChI is InChI=1S/C10H24N4/c1-4-12-10(11)13-8-7-9-14(5-2)6-3/h4-9H2,1-3H3,(H3,11,12,13). The molecule has 0 saturated carbocycles. The summed E-state index contributed by atoms with van der Waals surface area (Å²) in [7, 11) is 0. The number of hydrogen-bond donors (Lipinski definition) is 2. The summed E-state index contributed by atoms with van der Waals surface area (Å²) in [6.07, 6.45) is 1.08. The summed E-state index contributed by atoms with van der Waals surface area (Å²) in [4.78, 5) is 6.60. The lowest BCUT2D eigenvalue weighted by molar-refractivity contribution is 0.302. The predicted octanol–water partition coefficient (Wildman–Crippen LogP) is 0.643. The minimum atomic E-state index is 0.562. The summed E-state index contributed by atoms with van der Waals surface area (Å²) in [5.41, 5.74) is 5.59. The van der Waals surface area contributed by atoms with Crippen LogP contribution in [0.15, 0.2) is 4.99 Å². The van der Waals surface area contributed by atoms with Gasteiger partial charge in [-0.1, -0.05) is 13.8 Å². The van der Waals surface area contributed by atoms with Gasteiger partial charge in [0, 0.05) is 13.1 Å². The van der Waals surface area contributed by atoms with Crippen molar-refractivity contribution in [1.82, 2.24) is 10.2 Å². The third-order valence-corrected chi connectivity index (χ3v) is 2.17. The molecule has 84 valence electrons. The van der Waals surface area contributed by atoms with E-state index in [4.69, 9.17) is 5.73 Å². The van der Waals surface area contributed by atoms with Gasteiger partial charge in [0.2, 0.25) is 0 Å². The van der Waals surface area contributed by atoms with Crippen LogP contribution in [0.25, 0.3) is 0 Å². The number of aliphatic imine (C=N–C) groups is 1. The summed E-state index contributed by atoms with van der Waals surface area (Å²) in [6, 6.07) is 0. The van der Waals surface area contributed by atoms with Crippen LogP contribution < -0.4 is 11.1 Å². The Hall–Kier alpha value is -0.770. The quantitative estimate of drug-likeness (QED) is 0.360. The Balaban J connectivity index is 3.48. The molecule has 0 unspecified atom stereocenters. The molecule has 0 saturated heterocycles. The van der Waals surface area contributed by atoms with Crippen LogP contribution in [0.4, 0.5) is 0 Å². The average Bonchev–Trinajstić information content (AvgIpc) is 2.19. The molecule has 0 aromatic carbocycles. The zero-order valence-corrected chi connectivity index (χ0v) is 9.71. The fourth-order valence-corrected chi connectivity index (χ4v) is 1.27. The molecule has 0 radical (unpaired) electrons. The van der Waals surface area contributed by atoms with Crippen molar-refractivity contribution in [2.24, 2.45) is 10.7 Å². The summed E-state index contributed by atoms with van der Waals surface area (Å²) in [5.74, 6) is 0.562. The molecule has 0 rings (SSSR count). The highest BCUT2D eigenvalue weighted by Crippen LogP contribution is 1.90. The highest BCUT2D eigenvalue weighted by atomic mass is 15.1. The molecule has 0 bridgehead atoms. The molecule has 0 aliphatic heterocycles. The summed E-state index contributed by atoms with van der Waals surface area (Å²) >= 11 is 0. The van der Waals surface area contributed by atoms with Gasteiger partial charge in [0.25, 0.3) is 0 Å². The van der Waals surface area contributed by atoms with Crippen molar-refractivity contribution in [3.8, 4) is 0 Å². The first-order chi connectivity index (χ1) is 6.74. The highest BCUT2D eigenvalue weighted by molar-refractivity contribution is 5.77. The number of nitrogens with one attached hydrogen (secondary N) is 1. The maximum atomic E-state index is 5.59. The minimum Gasteiger partial charge on any atom is -0.370 e. The second kappa shape index (κ2) is 8.81. The molecule has 14 heavy (non-hydrogen) atoms. The molecule has 0 aliphatic rings. The summed E-state index contributed by atoms with van der Waals surface area (Å²) < 4.78 is 0. The summed E-state index contributed by atoms with van der Waals surface area (Å²) in [5, 5.41) is 2.98. The lowest BCUT2D eigenvalue weighted by Crippen LogP contribution is -2.31. The smallest absolute Gasteiger partial charge is 0.188 e. The second-order valence-corrected chi connectivity index (χ2v) is 3.18. The Labute approximate surface area is 87.6 Å². The van der Waals surface area contributed by atoms with E-state index >= 15 is 0 Å². The van der Waals surface area contributed by atoms with E-state index in [0.29, 0.717) is 5.96 Å². The van der Waals surface area contributed by atoms with Crippen LogP contribution in [-0.4, -0.2) is 43.6 Å². The SMILES string of the molecule is CCNC(N)=NCCCN(CC)CC. The Morgan fingerprint density at radius 1 is 1.29 bits per heavy atom. The van der Waals surface area contributed by atoms with Crippen molar-refractivity contribution in [2.45, 2.75) is 27.2 Å². The first kappa shape index (κ1) is 13.2. The van der Waals surface area contributed by atoms with E-state index in [1.165, 1.54) is 0 Å². The van der Waals surface area contributed by atoms with Gasteiger partial charge in [-0.15, -0.1) is 0 Å². The van der Waals surface area contributed by atoms with E-state index in [0.717, 1.165) is 39.1 Å². The van der Waals surface area contributed by atoms with Gasteiger partial charge in [-0.05, 0) is 33.0 Å². The van der Waals surface area contributed by atoms with Gasteiger partial charge in [0.05, 0.1) is 0 Å². The number of nitrogens with two attached hydrogens (primary N) is 1. The van der Waals surface area contributed by atoms with Gasteiger partial charge in [-0.3, -0.25) is 4.99 Å². The van der Waals surface area contributed by atoms with E-state index in [2.05, 4.69) is 29.1 Å². The highest BCUT2D eigenvalue weighted by Gasteiger charge is 1.97. The van der Waals surface area contributed by atoms with Gasteiger partial charge < -0.3 is 16.0 Å². The molecule has 4 nitrogen and oxygen atoms in total. The zero-order valence-electron chi connectivity index (χ0n) is 9.71. The van der Waals surface area contributed by atoms with Crippen molar-refractivity contribution in [3.05, 3.63) is 0 Å². The van der Waals surface area contributed by atoms with Crippen molar-refractivity contribution >= 4 is 5.96 Å². The van der Waals surface area contributed by atoms with Crippen LogP contribution in [0, 0.1) is 0 Å². The molecule has 0 atom stereocenters. The average molecular weight is 200 g/mol. The lowest BCUT2D eigenvalue weighted by atomic mass is 10.4. The number of hydrogen-bond acceptors (Lipinski definition) is 2. The van der Waals surface area contributed by atoms with E-state index in [1.807, 2.05) is 6.92 Å². The number of guanidine groups is 1. The minimum absolute atomic E-state index is 0.562. The van der Waals surface area contributed by atoms with E-state index < -0.39 is 0 Å². The molecule has 0 fully saturated rings. The van der Waals surface area contributed by atoms with Crippen LogP contribution in [0.3, 0.4) is 0 Å². The third-order valence-electron chi connectivity index (χ3n) is 2.17. The maximum absolute atomic E-state index is 5.59. The van der Waals surface area contributed by atoms with Crippen LogP contribution >= 0.6 is 0 Å². The van der Waals surface area contributed by atoms with Crippen molar-refractivity contribution in [2.75, 3.05) is 32.7 Å². The molecule has 4 heteroatoms. The Morgan fingerprint density at radius 3 is 2.43 bits per heavy atom. The molecular weight excluding hydrogens is 176 g/mol. The number of rotatable bonds is 7. The van der Waals surface area contributed by atoms with Gasteiger partial charge >= 0.3 is 0 Å². The van der Waals surface area contributed by atoms with Gasteiger partial charge in [0.1, 0.15) is 0 Å². The Bertz CT molecular complexity index is 152. The molecule has 0 spiro atoms. The molecule has 0 aromatic rings. The first-order valence-electron chi connectivity index (χ1n) is 5.50. The van der Waals surface area contributed by atoms with E-state index in [9.17, 15) is 0 Å². The lowest BCUT2D eigenvalue weighted by Gasteiger charge is -2.16. The molecular formula is C10H24N4. The predicted molar refractivity (Wildman–Crippen MR) is 62.6 cm³/mol. The molecule has 3 N–H and O–H groups in total. The van der Waals surface area contributed by atoms with Gasteiger partial charge in [-0.25, -0.2) is 0 Å². The fourth-order valence-electron chi connectivity index (χ4n) is 1.27. The van der Waals surface area contributed by atoms with Crippen LogP contribution in [-0.2, 0) is 0 Å². The van der Waals surface area contributed by atoms with Crippen molar-refractivity contribution in [3.63, 3.8) is 0 Å². The molecule has 0 heterocycles. The normalized spacial score (nSPS) is 12.1. The molecule has 0 aromatic heterocycles. The van der Waals surface area contributed by atoms with Gasteiger partial charge in [-0.2, -0.15) is 0 Å². The van der Waals surface area contributed by atoms with Crippen molar-refractivity contribution in [1.29, 1.82) is 0 Å². The maximum Gasteiger partial charge on any atom is 0.188 e. The zero-order chi connectivity index (χ0) is 10.8. The van der Waals surface area contributed by atoms with Crippen LogP contribution in [0.2, 0.25) is 0 Å². The van der Waals surface area contributed by atoms with E-state index in [-0.39, 0.29) is 0 Å². The molecule has 0 aliphatic carbocycles. The fraction of sp³-hybridized carbons (Fsp3) is 0.900. The monoisotopic (exact) mass is 200 g/mol. The van der Waals surface area contributed by atoms with Crippen LogP contribution in [0.1, 0.15) is 27.2 Å². The first-order valence-corrected chi connectivity index (χ1v) is 5.50. The van der Waals surface area contributed by atoms with E-state index in [1.54, 1.807) is 0 Å². The topological polar surface area (TPSA) is 53.6 Å². The van der Waals surface area contributed by atoms with Gasteiger partial charge in [0.15, 0.2) is 5.96 Å². The second-order valence-electron chi connectivity index (χ2n) is 3.18. The van der Waals surface area contributed by atoms with Crippen molar-refractivity contribution < 1.29 is 0 Å². The Morgan fingerprint density at radius 2 is 1.93 bits per heavy atom. The summed E-state index contributed by atoms with van der Waals surface area (Å²) in [6.45, 7) is 11.4. The Kier molecular flexibility index (Phi) is 8.33. The number of nitrogens with zero attached hydrogens (tertiary/aromatic N) is 2. The van der Waals surface area contributed by atoms with Crippen LogP contribution in [0.5, 0.6) is 0 Å². The third kappa shape index (κ3) is 6.71. The molecule has 0 amide bonds.